The molecule has 0 bridgehead atoms. The zero-order valence-electron chi connectivity index (χ0n) is 17.1. The van der Waals surface area contributed by atoms with Gasteiger partial charge < -0.3 is 9.08 Å². The molecule has 1 amide bonds. The van der Waals surface area contributed by atoms with Gasteiger partial charge in [0.25, 0.3) is 0 Å². The standard InChI is InChI=1S/C20H33NO4S/c1-8-16(4)21(19(22)13-20(5,6)7)14-17-9-11-18(12-10-17)25-26(23,24)15(2)3/h9-12,15-16H,8,13-14H2,1-7H3/t16-/m1/s1. The quantitative estimate of drug-likeness (QED) is 0.626. The minimum Gasteiger partial charge on any atom is -0.382 e. The molecule has 148 valence electrons. The number of nitrogens with zero attached hydrogens (tertiary/aromatic N) is 1. The van der Waals surface area contributed by atoms with Gasteiger partial charge in [0.05, 0.1) is 5.25 Å². The van der Waals surface area contributed by atoms with Gasteiger partial charge in [-0.1, -0.05) is 39.8 Å². The minimum absolute atomic E-state index is 0.0638. The van der Waals surface area contributed by atoms with Crippen LogP contribution < -0.4 is 4.18 Å². The summed E-state index contributed by atoms with van der Waals surface area (Å²) in [5.41, 5.74) is 0.882. The number of hydrogen-bond acceptors (Lipinski definition) is 4. The van der Waals surface area contributed by atoms with Crippen LogP contribution in [-0.2, 0) is 21.5 Å². The van der Waals surface area contributed by atoms with Crippen LogP contribution in [0.5, 0.6) is 5.75 Å². The van der Waals surface area contributed by atoms with Gasteiger partial charge in [-0.15, -0.1) is 0 Å². The molecule has 0 heterocycles. The van der Waals surface area contributed by atoms with Crippen molar-refractivity contribution >= 4 is 16.0 Å². The lowest BCUT2D eigenvalue weighted by molar-refractivity contribution is -0.135. The van der Waals surface area contributed by atoms with E-state index in [1.54, 1.807) is 26.0 Å². The van der Waals surface area contributed by atoms with Crippen molar-refractivity contribution in [1.82, 2.24) is 4.90 Å². The molecule has 1 aromatic carbocycles. The van der Waals surface area contributed by atoms with Crippen molar-refractivity contribution in [2.45, 2.75) is 79.1 Å². The minimum atomic E-state index is -3.60. The van der Waals surface area contributed by atoms with Crippen LogP contribution in [0.4, 0.5) is 0 Å². The van der Waals surface area contributed by atoms with Crippen molar-refractivity contribution < 1.29 is 17.4 Å². The van der Waals surface area contributed by atoms with E-state index in [0.29, 0.717) is 18.7 Å². The van der Waals surface area contributed by atoms with Gasteiger partial charge in [0, 0.05) is 19.0 Å². The largest absolute Gasteiger partial charge is 0.382 e. The third-order valence-electron chi connectivity index (χ3n) is 4.19. The van der Waals surface area contributed by atoms with Crippen LogP contribution in [0.3, 0.4) is 0 Å². The molecule has 0 unspecified atom stereocenters. The van der Waals surface area contributed by atoms with Gasteiger partial charge in [0.1, 0.15) is 5.75 Å². The van der Waals surface area contributed by atoms with Crippen LogP contribution in [0.15, 0.2) is 24.3 Å². The molecule has 1 rings (SSSR count). The van der Waals surface area contributed by atoms with Crippen LogP contribution in [0.2, 0.25) is 0 Å². The smallest absolute Gasteiger partial charge is 0.311 e. The number of benzene rings is 1. The molecule has 0 spiro atoms. The maximum Gasteiger partial charge on any atom is 0.311 e. The molecule has 0 aliphatic heterocycles. The van der Waals surface area contributed by atoms with E-state index in [0.717, 1.165) is 12.0 Å². The van der Waals surface area contributed by atoms with E-state index in [9.17, 15) is 13.2 Å². The van der Waals surface area contributed by atoms with Crippen molar-refractivity contribution in [3.05, 3.63) is 29.8 Å². The lowest BCUT2D eigenvalue weighted by Crippen LogP contribution is -2.39. The Bertz CT molecular complexity index is 688. The summed E-state index contributed by atoms with van der Waals surface area (Å²) in [5.74, 6) is 0.424. The van der Waals surface area contributed by atoms with Gasteiger partial charge in [-0.25, -0.2) is 0 Å². The highest BCUT2D eigenvalue weighted by Crippen LogP contribution is 2.23. The fourth-order valence-electron chi connectivity index (χ4n) is 2.34. The molecule has 1 aromatic rings. The van der Waals surface area contributed by atoms with Gasteiger partial charge in [0.15, 0.2) is 0 Å². The molecule has 0 aliphatic rings. The third kappa shape index (κ3) is 6.98. The van der Waals surface area contributed by atoms with Crippen molar-refractivity contribution in [3.8, 4) is 5.75 Å². The van der Waals surface area contributed by atoms with Crippen LogP contribution in [-0.4, -0.2) is 30.5 Å². The normalized spacial score (nSPS) is 13.5. The summed E-state index contributed by atoms with van der Waals surface area (Å²) < 4.78 is 28.8. The van der Waals surface area contributed by atoms with Gasteiger partial charge in [0.2, 0.25) is 5.91 Å². The van der Waals surface area contributed by atoms with E-state index in [-0.39, 0.29) is 17.4 Å². The van der Waals surface area contributed by atoms with Crippen LogP contribution >= 0.6 is 0 Å². The van der Waals surface area contributed by atoms with Crippen molar-refractivity contribution in [2.24, 2.45) is 5.41 Å². The van der Waals surface area contributed by atoms with Crippen LogP contribution in [0.25, 0.3) is 0 Å². The first kappa shape index (κ1) is 22.5. The first-order valence-corrected chi connectivity index (χ1v) is 10.6. The SMILES string of the molecule is CC[C@@H](C)N(Cc1ccc(OS(=O)(=O)C(C)C)cc1)C(=O)CC(C)(C)C. The van der Waals surface area contributed by atoms with Crippen LogP contribution in [0.1, 0.15) is 66.9 Å². The number of carbonyl (C=O) groups is 1. The molecule has 0 radical (unpaired) electrons. The number of carbonyl (C=O) groups excluding carboxylic acids is 1. The van der Waals surface area contributed by atoms with Gasteiger partial charge in [-0.05, 0) is 50.3 Å². The molecular weight excluding hydrogens is 350 g/mol. The maximum absolute atomic E-state index is 12.7. The van der Waals surface area contributed by atoms with E-state index < -0.39 is 15.4 Å². The highest BCUT2D eigenvalue weighted by Gasteiger charge is 2.24. The predicted octanol–water partition coefficient (Wildman–Crippen LogP) is 4.37. The zero-order chi connectivity index (χ0) is 20.1. The van der Waals surface area contributed by atoms with E-state index in [1.165, 1.54) is 0 Å². The lowest BCUT2D eigenvalue weighted by Gasteiger charge is -2.31. The molecule has 0 aliphatic carbocycles. The maximum atomic E-state index is 12.7. The molecule has 6 heteroatoms. The first-order valence-electron chi connectivity index (χ1n) is 9.17. The molecule has 0 saturated carbocycles. The van der Waals surface area contributed by atoms with Gasteiger partial charge >= 0.3 is 10.1 Å². The van der Waals surface area contributed by atoms with E-state index in [4.69, 9.17) is 4.18 Å². The average molecular weight is 384 g/mol. The highest BCUT2D eigenvalue weighted by molar-refractivity contribution is 7.87. The predicted molar refractivity (Wildman–Crippen MR) is 106 cm³/mol. The Labute approximate surface area is 158 Å². The molecule has 1 atom stereocenters. The molecule has 5 nitrogen and oxygen atoms in total. The zero-order valence-corrected chi connectivity index (χ0v) is 17.9. The fraction of sp³-hybridized carbons (Fsp3) is 0.650. The van der Waals surface area contributed by atoms with Crippen LogP contribution in [0, 0.1) is 5.41 Å². The second kappa shape index (κ2) is 8.89. The highest BCUT2D eigenvalue weighted by atomic mass is 32.2. The molecule has 0 N–H and O–H groups in total. The molecule has 0 fully saturated rings. The molecular formula is C20H33NO4S. The van der Waals surface area contributed by atoms with Gasteiger partial charge in [-0.3, -0.25) is 4.79 Å². The van der Waals surface area contributed by atoms with Crippen molar-refractivity contribution in [2.75, 3.05) is 0 Å². The summed E-state index contributed by atoms with van der Waals surface area (Å²) in [7, 11) is -3.60. The summed E-state index contributed by atoms with van der Waals surface area (Å²) in [5, 5.41) is -0.599. The average Bonchev–Trinajstić information content (AvgIpc) is 2.51. The lowest BCUT2D eigenvalue weighted by atomic mass is 9.91. The monoisotopic (exact) mass is 383 g/mol. The second-order valence-corrected chi connectivity index (χ2v) is 10.4. The second-order valence-electron chi connectivity index (χ2n) is 8.29. The van der Waals surface area contributed by atoms with Crippen molar-refractivity contribution in [3.63, 3.8) is 0 Å². The van der Waals surface area contributed by atoms with E-state index >= 15 is 0 Å². The molecule has 26 heavy (non-hydrogen) atoms. The Kier molecular flexibility index (Phi) is 7.69. The Morgan fingerprint density at radius 1 is 1.12 bits per heavy atom. The first-order chi connectivity index (χ1) is 11.9. The third-order valence-corrected chi connectivity index (χ3v) is 5.77. The van der Waals surface area contributed by atoms with Crippen molar-refractivity contribution in [1.29, 1.82) is 0 Å². The summed E-state index contributed by atoms with van der Waals surface area (Å²) >= 11 is 0. The Hall–Kier alpha value is -1.56. The topological polar surface area (TPSA) is 63.7 Å². The summed E-state index contributed by atoms with van der Waals surface area (Å²) in [6.45, 7) is 13.9. The number of rotatable bonds is 8. The summed E-state index contributed by atoms with van der Waals surface area (Å²) in [6.07, 6.45) is 1.37. The Morgan fingerprint density at radius 2 is 1.65 bits per heavy atom. The molecule has 0 saturated heterocycles. The fourth-order valence-corrected chi connectivity index (χ4v) is 2.91. The summed E-state index contributed by atoms with van der Waals surface area (Å²) in [4.78, 5) is 14.6. The Balaban J connectivity index is 2.91. The van der Waals surface area contributed by atoms with E-state index in [2.05, 4.69) is 27.7 Å². The number of amides is 1. The number of hydrogen-bond donors (Lipinski definition) is 0. The van der Waals surface area contributed by atoms with E-state index in [1.807, 2.05) is 24.0 Å². The Morgan fingerprint density at radius 3 is 2.08 bits per heavy atom. The summed E-state index contributed by atoms with van der Waals surface area (Å²) in [6, 6.07) is 7.04. The van der Waals surface area contributed by atoms with Gasteiger partial charge in [-0.2, -0.15) is 8.42 Å². The molecule has 0 aromatic heterocycles.